The Morgan fingerprint density at radius 1 is 0.867 bits per heavy atom. The average molecular weight is 410 g/mol. The molecule has 1 aromatic heterocycles. The van der Waals surface area contributed by atoms with Crippen molar-refractivity contribution < 1.29 is 15.0 Å². The standard InChI is InChI=1S/C12H13NO.C6H8N2.C6H10O2/c14-8-5-6-12-10(7-8)9-3-1-2-4-11(9)13-12;7-8-6-4-2-1-3-5-6;7-5-1-2-6(8)4-3-5/h1-4,8,13-14H,5-7H2;1-5,8H,7H2;5,7H,1-4H2. The Kier molecular flexibility index (Phi) is 8.02. The summed E-state index contributed by atoms with van der Waals surface area (Å²) in [4.78, 5) is 13.9. The highest BCUT2D eigenvalue weighted by Crippen LogP contribution is 2.28. The van der Waals surface area contributed by atoms with Crippen molar-refractivity contribution in [3.8, 4) is 0 Å². The number of nitrogens with one attached hydrogen (secondary N) is 2. The zero-order chi connectivity index (χ0) is 21.3. The average Bonchev–Trinajstić information content (AvgIpc) is 3.15. The van der Waals surface area contributed by atoms with Gasteiger partial charge in [-0.2, -0.15) is 0 Å². The number of fused-ring (bicyclic) bond motifs is 3. The van der Waals surface area contributed by atoms with Crippen LogP contribution in [-0.2, 0) is 17.6 Å². The van der Waals surface area contributed by atoms with Gasteiger partial charge in [0, 0.05) is 41.5 Å². The van der Waals surface area contributed by atoms with Crippen LogP contribution < -0.4 is 11.3 Å². The largest absolute Gasteiger partial charge is 0.393 e. The predicted molar refractivity (Wildman–Crippen MR) is 120 cm³/mol. The third-order valence-electron chi connectivity index (χ3n) is 5.52. The smallest absolute Gasteiger partial charge is 0.133 e. The molecule has 30 heavy (non-hydrogen) atoms. The molecule has 0 amide bonds. The van der Waals surface area contributed by atoms with E-state index in [0.29, 0.717) is 31.5 Å². The van der Waals surface area contributed by atoms with Crippen LogP contribution in [-0.4, -0.2) is 33.2 Å². The number of Topliss-reactive ketones (excluding diaryl/α,β-unsaturated/α-hetero) is 1. The number of hydrazine groups is 1. The van der Waals surface area contributed by atoms with Crippen LogP contribution in [0.1, 0.15) is 43.4 Å². The van der Waals surface area contributed by atoms with E-state index in [1.165, 1.54) is 22.2 Å². The molecule has 6 heteroatoms. The Labute approximate surface area is 177 Å². The van der Waals surface area contributed by atoms with Crippen LogP contribution in [0.25, 0.3) is 10.9 Å². The first kappa shape index (κ1) is 22.0. The summed E-state index contributed by atoms with van der Waals surface area (Å²) in [5, 5.41) is 19.8. The number of ketones is 1. The van der Waals surface area contributed by atoms with Crippen molar-refractivity contribution in [3.05, 3.63) is 65.9 Å². The first-order valence-electron chi connectivity index (χ1n) is 10.5. The fourth-order valence-corrected chi connectivity index (χ4v) is 3.81. The molecule has 0 spiro atoms. The summed E-state index contributed by atoms with van der Waals surface area (Å²) in [5.41, 5.74) is 7.30. The van der Waals surface area contributed by atoms with E-state index in [9.17, 15) is 9.90 Å². The summed E-state index contributed by atoms with van der Waals surface area (Å²) in [7, 11) is 0. The van der Waals surface area contributed by atoms with Gasteiger partial charge in [0.2, 0.25) is 0 Å². The van der Waals surface area contributed by atoms with Crippen molar-refractivity contribution in [2.24, 2.45) is 5.84 Å². The minimum absolute atomic E-state index is 0.151. The van der Waals surface area contributed by atoms with Gasteiger partial charge in [-0.25, -0.2) is 0 Å². The number of aromatic amines is 1. The maximum atomic E-state index is 10.5. The van der Waals surface area contributed by atoms with E-state index in [0.717, 1.165) is 24.9 Å². The number of aliphatic hydroxyl groups excluding tert-OH is 2. The number of carbonyl (C=O) groups is 1. The summed E-state index contributed by atoms with van der Waals surface area (Å²) in [6, 6.07) is 17.9. The molecule has 2 aromatic carbocycles. The van der Waals surface area contributed by atoms with Crippen molar-refractivity contribution in [1.29, 1.82) is 0 Å². The summed E-state index contributed by atoms with van der Waals surface area (Å²) in [6.07, 6.45) is 4.85. The van der Waals surface area contributed by atoms with Crippen LogP contribution in [0.5, 0.6) is 0 Å². The van der Waals surface area contributed by atoms with E-state index in [1.54, 1.807) is 0 Å². The van der Waals surface area contributed by atoms with Gasteiger partial charge in [-0.1, -0.05) is 36.4 Å². The molecule has 0 bridgehead atoms. The van der Waals surface area contributed by atoms with Crippen molar-refractivity contribution in [1.82, 2.24) is 4.98 Å². The van der Waals surface area contributed by atoms with Gasteiger partial charge in [-0.05, 0) is 49.4 Å². The Bertz CT molecular complexity index is 929. The Morgan fingerprint density at radius 3 is 2.13 bits per heavy atom. The molecule has 1 fully saturated rings. The van der Waals surface area contributed by atoms with Crippen LogP contribution in [0, 0.1) is 0 Å². The van der Waals surface area contributed by atoms with Gasteiger partial charge in [0.1, 0.15) is 5.78 Å². The number of hydrogen-bond donors (Lipinski definition) is 5. The van der Waals surface area contributed by atoms with Gasteiger partial charge < -0.3 is 20.6 Å². The van der Waals surface area contributed by atoms with Crippen molar-refractivity contribution in [2.75, 3.05) is 5.43 Å². The summed E-state index contributed by atoms with van der Waals surface area (Å²) < 4.78 is 0. The van der Waals surface area contributed by atoms with Gasteiger partial charge in [0.25, 0.3) is 0 Å². The molecule has 6 N–H and O–H groups in total. The van der Waals surface area contributed by atoms with Gasteiger partial charge in [0.15, 0.2) is 0 Å². The lowest BCUT2D eigenvalue weighted by Crippen LogP contribution is -2.17. The first-order valence-corrected chi connectivity index (χ1v) is 10.5. The number of carbonyl (C=O) groups excluding carboxylic acids is 1. The van der Waals surface area contributed by atoms with E-state index >= 15 is 0 Å². The second kappa shape index (κ2) is 10.9. The second-order valence-electron chi connectivity index (χ2n) is 7.80. The van der Waals surface area contributed by atoms with E-state index in [4.69, 9.17) is 10.9 Å². The normalized spacial score (nSPS) is 18.5. The Hall–Kier alpha value is -2.67. The highest BCUT2D eigenvalue weighted by atomic mass is 16.3. The molecule has 1 heterocycles. The minimum atomic E-state index is -0.201. The zero-order valence-electron chi connectivity index (χ0n) is 17.2. The van der Waals surface area contributed by atoms with Crippen LogP contribution in [0.3, 0.4) is 0 Å². The number of anilines is 1. The number of rotatable bonds is 1. The van der Waals surface area contributed by atoms with E-state index in [1.807, 2.05) is 36.4 Å². The number of benzene rings is 2. The van der Waals surface area contributed by atoms with Crippen LogP contribution >= 0.6 is 0 Å². The third-order valence-corrected chi connectivity index (χ3v) is 5.52. The summed E-state index contributed by atoms with van der Waals surface area (Å²) >= 11 is 0. The number of para-hydroxylation sites is 2. The first-order chi connectivity index (χ1) is 14.6. The number of nitrogens with two attached hydrogens (primary N) is 1. The molecule has 0 saturated heterocycles. The Balaban J connectivity index is 0.000000138. The van der Waals surface area contributed by atoms with E-state index in [-0.39, 0.29) is 12.2 Å². The summed E-state index contributed by atoms with van der Waals surface area (Å²) in [5.74, 6) is 5.40. The molecule has 1 saturated carbocycles. The highest BCUT2D eigenvalue weighted by Gasteiger charge is 2.20. The van der Waals surface area contributed by atoms with E-state index in [2.05, 4.69) is 28.6 Å². The predicted octanol–water partition coefficient (Wildman–Crippen LogP) is 3.48. The maximum absolute atomic E-state index is 10.5. The highest BCUT2D eigenvalue weighted by molar-refractivity contribution is 5.84. The number of aryl methyl sites for hydroxylation is 1. The monoisotopic (exact) mass is 409 g/mol. The minimum Gasteiger partial charge on any atom is -0.393 e. The maximum Gasteiger partial charge on any atom is 0.133 e. The molecular formula is C24H31N3O3. The topological polar surface area (TPSA) is 111 Å². The van der Waals surface area contributed by atoms with Crippen LogP contribution in [0.15, 0.2) is 54.6 Å². The molecule has 160 valence electrons. The molecule has 0 radical (unpaired) electrons. The van der Waals surface area contributed by atoms with E-state index < -0.39 is 0 Å². The molecule has 2 aliphatic carbocycles. The molecule has 6 nitrogen and oxygen atoms in total. The number of H-pyrrole nitrogens is 1. The molecule has 5 rings (SSSR count). The van der Waals surface area contributed by atoms with Crippen molar-refractivity contribution in [2.45, 2.75) is 57.2 Å². The van der Waals surface area contributed by atoms with Crippen molar-refractivity contribution in [3.63, 3.8) is 0 Å². The quantitative estimate of drug-likeness (QED) is 0.312. The lowest BCUT2D eigenvalue weighted by Gasteiger charge is -2.16. The fourth-order valence-electron chi connectivity index (χ4n) is 3.81. The van der Waals surface area contributed by atoms with Crippen LogP contribution in [0.2, 0.25) is 0 Å². The SMILES string of the molecule is NNc1ccccc1.O=C1CCC(O)CC1.OC1CCc2[nH]c3ccccc3c2C1. The molecule has 1 unspecified atom stereocenters. The lowest BCUT2D eigenvalue weighted by molar-refractivity contribution is -0.122. The molecule has 3 aromatic rings. The van der Waals surface area contributed by atoms with Gasteiger partial charge in [0.05, 0.1) is 12.2 Å². The number of hydrogen-bond acceptors (Lipinski definition) is 5. The van der Waals surface area contributed by atoms with Crippen molar-refractivity contribution >= 4 is 22.4 Å². The number of aliphatic hydroxyl groups is 2. The molecule has 1 atom stereocenters. The zero-order valence-corrected chi connectivity index (χ0v) is 17.2. The Morgan fingerprint density at radius 2 is 1.50 bits per heavy atom. The molecule has 0 aliphatic heterocycles. The second-order valence-corrected chi connectivity index (χ2v) is 7.80. The van der Waals surface area contributed by atoms with Gasteiger partial charge in [-0.15, -0.1) is 0 Å². The van der Waals surface area contributed by atoms with Gasteiger partial charge >= 0.3 is 0 Å². The molecular weight excluding hydrogens is 378 g/mol. The fraction of sp³-hybridized carbons (Fsp3) is 0.375. The van der Waals surface area contributed by atoms with Crippen LogP contribution in [0.4, 0.5) is 5.69 Å². The van der Waals surface area contributed by atoms with Gasteiger partial charge in [-0.3, -0.25) is 10.6 Å². The number of nitrogen functional groups attached to an aromatic ring is 1. The molecule has 2 aliphatic rings. The summed E-state index contributed by atoms with van der Waals surface area (Å²) in [6.45, 7) is 0. The lowest BCUT2D eigenvalue weighted by atomic mass is 9.93. The third kappa shape index (κ3) is 6.16. The number of aromatic nitrogens is 1.